The van der Waals surface area contributed by atoms with E-state index in [0.717, 1.165) is 28.0 Å². The summed E-state index contributed by atoms with van der Waals surface area (Å²) in [6.45, 7) is 18.1. The number of aryl methyl sites for hydroxylation is 2. The van der Waals surface area contributed by atoms with E-state index in [2.05, 4.69) is 47.3 Å². The van der Waals surface area contributed by atoms with Crippen LogP contribution in [-0.2, 0) is 33.0 Å². The minimum atomic E-state index is -1.84. The topological polar surface area (TPSA) is 70.4 Å². The molecule has 0 N–H and O–H groups in total. The predicted molar refractivity (Wildman–Crippen MR) is 141 cm³/mol. The molecule has 1 aromatic carbocycles. The molecular weight excluding hydrogens is 456 g/mol. The van der Waals surface area contributed by atoms with E-state index in [1.54, 1.807) is 7.11 Å². The van der Waals surface area contributed by atoms with Crippen molar-refractivity contribution in [3.63, 3.8) is 0 Å². The minimum absolute atomic E-state index is 0.0323. The van der Waals surface area contributed by atoms with Crippen molar-refractivity contribution in [2.45, 2.75) is 79.4 Å². The van der Waals surface area contributed by atoms with Crippen molar-refractivity contribution in [1.29, 1.82) is 0 Å². The summed E-state index contributed by atoms with van der Waals surface area (Å²) in [6.07, 6.45) is 0.0638. The molecule has 2 aliphatic heterocycles. The molecule has 184 valence electrons. The summed E-state index contributed by atoms with van der Waals surface area (Å²) < 4.78 is 13.0. The van der Waals surface area contributed by atoms with Crippen LogP contribution in [-0.4, -0.2) is 30.7 Å². The van der Waals surface area contributed by atoms with Crippen LogP contribution in [0.2, 0.25) is 19.6 Å². The van der Waals surface area contributed by atoms with Gasteiger partial charge in [-0.25, -0.2) is 4.98 Å². The number of fused-ring (bicyclic) bond motifs is 5. The first-order valence-corrected chi connectivity index (χ1v) is 15.7. The van der Waals surface area contributed by atoms with Gasteiger partial charge in [0.15, 0.2) is 0 Å². The molecule has 0 radical (unpaired) electrons. The highest BCUT2D eigenvalue weighted by Crippen LogP contribution is 2.40. The number of hydrogen-bond acceptors (Lipinski definition) is 5. The Bertz CT molecular complexity index is 1510. The third-order valence-electron chi connectivity index (χ3n) is 8.30. The van der Waals surface area contributed by atoms with E-state index >= 15 is 0 Å². The molecule has 3 aromatic rings. The van der Waals surface area contributed by atoms with Gasteiger partial charge >= 0.3 is 5.97 Å². The molecule has 0 bridgehead atoms. The van der Waals surface area contributed by atoms with Gasteiger partial charge in [-0.1, -0.05) is 19.6 Å². The zero-order valence-electron chi connectivity index (χ0n) is 22.2. The Balaban J connectivity index is 1.92. The quantitative estimate of drug-likeness (QED) is 0.305. The molecule has 5 rings (SSSR count). The summed E-state index contributed by atoms with van der Waals surface area (Å²) in [5, 5.41) is 2.65. The van der Waals surface area contributed by atoms with Crippen molar-refractivity contribution in [2.75, 3.05) is 7.11 Å². The molecule has 6 nitrogen and oxygen atoms in total. The van der Waals surface area contributed by atoms with E-state index in [4.69, 9.17) is 14.5 Å². The molecule has 0 fully saturated rings. The Morgan fingerprint density at radius 1 is 1.03 bits per heavy atom. The molecular formula is C28H34N2O4Si. The fourth-order valence-electron chi connectivity index (χ4n) is 5.95. The molecule has 0 amide bonds. The van der Waals surface area contributed by atoms with Gasteiger partial charge in [0, 0.05) is 12.5 Å². The maximum absolute atomic E-state index is 13.8. The van der Waals surface area contributed by atoms with E-state index in [1.807, 2.05) is 17.6 Å². The highest BCUT2D eigenvalue weighted by Gasteiger charge is 2.40. The predicted octanol–water partition coefficient (Wildman–Crippen LogP) is 4.51. The standard InChI is InChI=1S/C28H34N2O4Si/c1-14-15(2)17(4)24-23(16(14)3)26(35(7,8)9)18-12-30-21(25(18)29-24)10-20-19(27(30)32)13-34-22(31)11-28(20,5)33-6/h10H,11-13H2,1-9H3. The highest BCUT2D eigenvalue weighted by atomic mass is 28.3. The number of nitrogens with zero attached hydrogens (tertiary/aromatic N) is 2. The second kappa shape index (κ2) is 7.61. The maximum atomic E-state index is 13.8. The fraction of sp³-hybridized carbons (Fsp3) is 0.464. The van der Waals surface area contributed by atoms with Crippen molar-refractivity contribution >= 4 is 30.1 Å². The van der Waals surface area contributed by atoms with Crippen LogP contribution in [0.25, 0.3) is 22.3 Å². The molecule has 0 saturated heterocycles. The molecule has 0 saturated carbocycles. The van der Waals surface area contributed by atoms with Crippen molar-refractivity contribution in [3.8, 4) is 11.4 Å². The number of benzene rings is 1. The van der Waals surface area contributed by atoms with Crippen LogP contribution in [0.3, 0.4) is 0 Å². The van der Waals surface area contributed by atoms with Crippen LogP contribution in [0.5, 0.6) is 0 Å². The summed E-state index contributed by atoms with van der Waals surface area (Å²) in [6, 6.07) is 2.02. The zero-order chi connectivity index (χ0) is 25.6. The number of esters is 1. The molecule has 1 atom stereocenters. The van der Waals surface area contributed by atoms with E-state index < -0.39 is 13.7 Å². The Kier molecular flexibility index (Phi) is 5.21. The highest BCUT2D eigenvalue weighted by molar-refractivity contribution is 6.91. The number of hydrogen-bond donors (Lipinski definition) is 0. The molecule has 2 aliphatic rings. The van der Waals surface area contributed by atoms with E-state index in [9.17, 15) is 9.59 Å². The first-order chi connectivity index (χ1) is 16.3. The molecule has 4 heterocycles. The number of carbonyl (C=O) groups excluding carboxylic acids is 1. The van der Waals surface area contributed by atoms with Crippen LogP contribution < -0.4 is 10.7 Å². The molecule has 0 spiro atoms. The zero-order valence-corrected chi connectivity index (χ0v) is 23.2. The Morgan fingerprint density at radius 2 is 1.69 bits per heavy atom. The monoisotopic (exact) mass is 490 g/mol. The molecule has 0 aliphatic carbocycles. The first kappa shape index (κ1) is 23.9. The van der Waals surface area contributed by atoms with Gasteiger partial charge in [0.2, 0.25) is 0 Å². The summed E-state index contributed by atoms with van der Waals surface area (Å²) in [7, 11) is -0.262. The maximum Gasteiger partial charge on any atom is 0.309 e. The number of cyclic esters (lactones) is 1. The fourth-order valence-corrected chi connectivity index (χ4v) is 8.11. The van der Waals surface area contributed by atoms with Gasteiger partial charge in [-0.05, 0) is 79.3 Å². The number of aromatic nitrogens is 2. The first-order valence-electron chi connectivity index (χ1n) is 12.2. The van der Waals surface area contributed by atoms with E-state index in [1.165, 1.54) is 32.8 Å². The molecule has 2 aromatic heterocycles. The summed E-state index contributed by atoms with van der Waals surface area (Å²) in [5.74, 6) is -0.363. The number of rotatable bonds is 2. The van der Waals surface area contributed by atoms with Gasteiger partial charge < -0.3 is 14.0 Å². The van der Waals surface area contributed by atoms with Crippen molar-refractivity contribution in [3.05, 3.63) is 55.4 Å². The Labute approximate surface area is 207 Å². The summed E-state index contributed by atoms with van der Waals surface area (Å²) >= 11 is 0. The van der Waals surface area contributed by atoms with Gasteiger partial charge in [0.1, 0.15) is 12.2 Å². The van der Waals surface area contributed by atoms with Crippen LogP contribution >= 0.6 is 0 Å². The van der Waals surface area contributed by atoms with E-state index in [-0.39, 0.29) is 24.6 Å². The normalized spacial score (nSPS) is 19.3. The Hall–Kier alpha value is -2.77. The average molecular weight is 491 g/mol. The van der Waals surface area contributed by atoms with Gasteiger partial charge in [-0.2, -0.15) is 0 Å². The second-order valence-corrected chi connectivity index (χ2v) is 16.4. The lowest BCUT2D eigenvalue weighted by Gasteiger charge is -2.27. The van der Waals surface area contributed by atoms with Crippen LogP contribution in [0.1, 0.15) is 52.3 Å². The average Bonchev–Trinajstić information content (AvgIpc) is 3.10. The summed E-state index contributed by atoms with van der Waals surface area (Å²) in [5.41, 5.74) is 9.11. The number of methoxy groups -OCH3 is 1. The lowest BCUT2D eigenvalue weighted by atomic mass is 9.89. The van der Waals surface area contributed by atoms with Crippen molar-refractivity contribution in [1.82, 2.24) is 9.55 Å². The largest absolute Gasteiger partial charge is 0.460 e. The van der Waals surface area contributed by atoms with Crippen molar-refractivity contribution in [2.24, 2.45) is 0 Å². The number of ether oxygens (including phenoxy) is 2. The third kappa shape index (κ3) is 3.28. The van der Waals surface area contributed by atoms with Crippen molar-refractivity contribution < 1.29 is 14.3 Å². The van der Waals surface area contributed by atoms with Gasteiger partial charge in [0.25, 0.3) is 5.56 Å². The Morgan fingerprint density at radius 3 is 2.31 bits per heavy atom. The third-order valence-corrected chi connectivity index (χ3v) is 10.4. The van der Waals surface area contributed by atoms with Gasteiger partial charge in [-0.3, -0.25) is 9.59 Å². The minimum Gasteiger partial charge on any atom is -0.460 e. The number of pyridine rings is 2. The smallest absolute Gasteiger partial charge is 0.309 e. The lowest BCUT2D eigenvalue weighted by Crippen LogP contribution is -2.42. The van der Waals surface area contributed by atoms with Gasteiger partial charge in [-0.15, -0.1) is 0 Å². The van der Waals surface area contributed by atoms with Gasteiger partial charge in [0.05, 0.1) is 43.5 Å². The second-order valence-electron chi connectivity index (χ2n) is 11.4. The SMILES string of the molecule is COC1(C)CC(=O)OCc2c1cc1n(c2=O)Cc2c-1nc1c(C)c(C)c(C)c(C)c1c2[Si](C)(C)C. The number of carbonyl (C=O) groups is 1. The summed E-state index contributed by atoms with van der Waals surface area (Å²) in [4.78, 5) is 31.4. The van der Waals surface area contributed by atoms with Crippen LogP contribution in [0.15, 0.2) is 10.9 Å². The molecule has 1 unspecified atom stereocenters. The van der Waals surface area contributed by atoms with E-state index in [0.29, 0.717) is 12.1 Å². The molecule has 35 heavy (non-hydrogen) atoms. The van der Waals surface area contributed by atoms with Crippen LogP contribution in [0, 0.1) is 27.7 Å². The molecule has 7 heteroatoms. The lowest BCUT2D eigenvalue weighted by molar-refractivity contribution is -0.150. The van der Waals surface area contributed by atoms with Crippen LogP contribution in [0.4, 0.5) is 0 Å².